The summed E-state index contributed by atoms with van der Waals surface area (Å²) in [6.07, 6.45) is 3.27. The average molecular weight is 440 g/mol. The van der Waals surface area contributed by atoms with Crippen molar-refractivity contribution >= 4 is 12.1 Å². The largest absolute Gasteiger partial charge is 0.490 e. The summed E-state index contributed by atoms with van der Waals surface area (Å²) in [6, 6.07) is 17.1. The van der Waals surface area contributed by atoms with E-state index in [-0.39, 0.29) is 24.2 Å². The first-order valence-corrected chi connectivity index (χ1v) is 11.1. The number of nitrogens with zero attached hydrogens (tertiary/aromatic N) is 1. The van der Waals surface area contributed by atoms with E-state index in [1.54, 1.807) is 12.1 Å². The van der Waals surface area contributed by atoms with Crippen molar-refractivity contribution in [1.82, 2.24) is 4.90 Å². The standard InChI is InChI=1S/C26H33NO5/c1-26(2,3)32-25(29)27(18-19-10-12-20(13-11-19)24(28)30-4)21-14-16-23(17-15-21)31-22-8-6-5-7-9-22/h5-13,21,23H,14-18H2,1-4H3. The minimum absolute atomic E-state index is 0.0701. The predicted octanol–water partition coefficient (Wildman–Crippen LogP) is 5.60. The van der Waals surface area contributed by atoms with E-state index in [1.807, 2.05) is 68.1 Å². The highest BCUT2D eigenvalue weighted by Crippen LogP contribution is 2.29. The number of amides is 1. The summed E-state index contributed by atoms with van der Waals surface area (Å²) in [5.41, 5.74) is 0.849. The van der Waals surface area contributed by atoms with Crippen molar-refractivity contribution < 1.29 is 23.8 Å². The maximum Gasteiger partial charge on any atom is 0.410 e. The van der Waals surface area contributed by atoms with E-state index in [1.165, 1.54) is 7.11 Å². The van der Waals surface area contributed by atoms with Gasteiger partial charge in [-0.2, -0.15) is 0 Å². The van der Waals surface area contributed by atoms with Gasteiger partial charge in [-0.1, -0.05) is 30.3 Å². The van der Waals surface area contributed by atoms with E-state index in [0.717, 1.165) is 37.0 Å². The smallest absolute Gasteiger partial charge is 0.410 e. The minimum Gasteiger partial charge on any atom is -0.490 e. The molecule has 2 aromatic carbocycles. The number of ether oxygens (including phenoxy) is 3. The molecule has 1 aliphatic carbocycles. The van der Waals surface area contributed by atoms with Gasteiger partial charge in [0.2, 0.25) is 0 Å². The summed E-state index contributed by atoms with van der Waals surface area (Å²) in [7, 11) is 1.36. The molecule has 0 aromatic heterocycles. The molecule has 1 amide bonds. The number of para-hydroxylation sites is 1. The van der Waals surface area contributed by atoms with Crippen LogP contribution in [0.15, 0.2) is 54.6 Å². The second-order valence-corrected chi connectivity index (χ2v) is 9.16. The van der Waals surface area contributed by atoms with Gasteiger partial charge in [-0.3, -0.25) is 0 Å². The van der Waals surface area contributed by atoms with Gasteiger partial charge < -0.3 is 19.1 Å². The second-order valence-electron chi connectivity index (χ2n) is 9.16. The van der Waals surface area contributed by atoms with Crippen molar-refractivity contribution in [3.63, 3.8) is 0 Å². The molecule has 0 atom stereocenters. The molecule has 0 spiro atoms. The lowest BCUT2D eigenvalue weighted by Gasteiger charge is -2.37. The van der Waals surface area contributed by atoms with Crippen molar-refractivity contribution in [2.24, 2.45) is 0 Å². The summed E-state index contributed by atoms with van der Waals surface area (Å²) >= 11 is 0. The lowest BCUT2D eigenvalue weighted by Crippen LogP contribution is -2.45. The van der Waals surface area contributed by atoms with Gasteiger partial charge in [-0.05, 0) is 76.3 Å². The lowest BCUT2D eigenvalue weighted by molar-refractivity contribution is 0.00440. The van der Waals surface area contributed by atoms with E-state index in [4.69, 9.17) is 14.2 Å². The summed E-state index contributed by atoms with van der Waals surface area (Å²) in [5.74, 6) is 0.503. The van der Waals surface area contributed by atoms with Crippen LogP contribution in [0.2, 0.25) is 0 Å². The van der Waals surface area contributed by atoms with E-state index < -0.39 is 5.60 Å². The lowest BCUT2D eigenvalue weighted by atomic mass is 9.91. The molecule has 1 aliphatic rings. The third-order valence-electron chi connectivity index (χ3n) is 5.49. The van der Waals surface area contributed by atoms with Crippen molar-refractivity contribution in [3.8, 4) is 5.75 Å². The Bertz CT molecular complexity index is 881. The van der Waals surface area contributed by atoms with Crippen LogP contribution in [0.1, 0.15) is 62.4 Å². The first kappa shape index (κ1) is 23.6. The number of hydrogen-bond donors (Lipinski definition) is 0. The molecule has 0 N–H and O–H groups in total. The number of esters is 1. The quantitative estimate of drug-likeness (QED) is 0.548. The fraction of sp³-hybridized carbons (Fsp3) is 0.462. The minimum atomic E-state index is -0.572. The van der Waals surface area contributed by atoms with Crippen LogP contribution in [-0.2, 0) is 16.0 Å². The fourth-order valence-electron chi connectivity index (χ4n) is 3.89. The van der Waals surface area contributed by atoms with Crippen LogP contribution < -0.4 is 4.74 Å². The highest BCUT2D eigenvalue weighted by Gasteiger charge is 2.32. The molecular weight excluding hydrogens is 406 g/mol. The summed E-state index contributed by atoms with van der Waals surface area (Å²) < 4.78 is 16.6. The van der Waals surface area contributed by atoms with Gasteiger partial charge in [0, 0.05) is 12.6 Å². The Kier molecular flexibility index (Phi) is 7.78. The van der Waals surface area contributed by atoms with Gasteiger partial charge in [0.15, 0.2) is 0 Å². The Morgan fingerprint density at radius 1 is 0.938 bits per heavy atom. The van der Waals surface area contributed by atoms with Gasteiger partial charge >= 0.3 is 12.1 Å². The Morgan fingerprint density at radius 3 is 2.12 bits per heavy atom. The van der Waals surface area contributed by atoms with Gasteiger partial charge in [0.1, 0.15) is 11.4 Å². The SMILES string of the molecule is COC(=O)c1ccc(CN(C(=O)OC(C)(C)C)C2CCC(Oc3ccccc3)CC2)cc1. The molecular formula is C26H33NO5. The molecule has 1 saturated carbocycles. The van der Waals surface area contributed by atoms with Crippen LogP contribution in [0.3, 0.4) is 0 Å². The monoisotopic (exact) mass is 439 g/mol. The predicted molar refractivity (Wildman–Crippen MR) is 123 cm³/mol. The van der Waals surface area contributed by atoms with Gasteiger partial charge in [-0.15, -0.1) is 0 Å². The summed E-state index contributed by atoms with van der Waals surface area (Å²) in [5, 5.41) is 0. The van der Waals surface area contributed by atoms with Crippen LogP contribution in [-0.4, -0.2) is 41.8 Å². The first-order valence-electron chi connectivity index (χ1n) is 11.1. The molecule has 0 bridgehead atoms. The van der Waals surface area contributed by atoms with Crippen LogP contribution in [0.4, 0.5) is 4.79 Å². The highest BCUT2D eigenvalue weighted by molar-refractivity contribution is 5.89. The zero-order valence-corrected chi connectivity index (χ0v) is 19.4. The summed E-state index contributed by atoms with van der Waals surface area (Å²) in [4.78, 5) is 26.6. The molecule has 0 saturated heterocycles. The maximum absolute atomic E-state index is 13.1. The second kappa shape index (κ2) is 10.5. The normalized spacial score (nSPS) is 18.5. The van der Waals surface area contributed by atoms with Gasteiger partial charge in [0.25, 0.3) is 0 Å². The Morgan fingerprint density at radius 2 is 1.56 bits per heavy atom. The average Bonchev–Trinajstić information content (AvgIpc) is 2.77. The number of carbonyl (C=O) groups excluding carboxylic acids is 2. The number of methoxy groups -OCH3 is 1. The first-order chi connectivity index (χ1) is 15.2. The highest BCUT2D eigenvalue weighted by atomic mass is 16.6. The zero-order valence-electron chi connectivity index (χ0n) is 19.4. The van der Waals surface area contributed by atoms with E-state index in [9.17, 15) is 9.59 Å². The van der Waals surface area contributed by atoms with Crippen LogP contribution in [0.5, 0.6) is 5.75 Å². The van der Waals surface area contributed by atoms with Crippen LogP contribution in [0.25, 0.3) is 0 Å². The maximum atomic E-state index is 13.1. The number of rotatable bonds is 6. The zero-order chi connectivity index (χ0) is 23.1. The van der Waals surface area contributed by atoms with E-state index >= 15 is 0 Å². The molecule has 3 rings (SSSR count). The van der Waals surface area contributed by atoms with Gasteiger partial charge in [0.05, 0.1) is 18.8 Å². The van der Waals surface area contributed by atoms with Crippen LogP contribution in [0, 0.1) is 0 Å². The number of hydrogen-bond acceptors (Lipinski definition) is 5. The van der Waals surface area contributed by atoms with E-state index in [0.29, 0.717) is 12.1 Å². The molecule has 0 unspecified atom stereocenters. The van der Waals surface area contributed by atoms with Crippen LogP contribution >= 0.6 is 0 Å². The fourth-order valence-corrected chi connectivity index (χ4v) is 3.89. The van der Waals surface area contributed by atoms with Crippen molar-refractivity contribution in [3.05, 3.63) is 65.7 Å². The Hall–Kier alpha value is -3.02. The molecule has 2 aromatic rings. The Labute approximate surface area is 190 Å². The van der Waals surface area contributed by atoms with E-state index in [2.05, 4.69) is 0 Å². The summed E-state index contributed by atoms with van der Waals surface area (Å²) in [6.45, 7) is 6.04. The molecule has 0 radical (unpaired) electrons. The van der Waals surface area contributed by atoms with Gasteiger partial charge in [-0.25, -0.2) is 9.59 Å². The topological polar surface area (TPSA) is 65.1 Å². The van der Waals surface area contributed by atoms with Crippen molar-refractivity contribution in [2.45, 2.75) is 70.7 Å². The molecule has 0 aliphatic heterocycles. The molecule has 0 heterocycles. The van der Waals surface area contributed by atoms with Crippen molar-refractivity contribution in [1.29, 1.82) is 0 Å². The third-order valence-corrected chi connectivity index (χ3v) is 5.49. The molecule has 172 valence electrons. The number of carbonyl (C=O) groups is 2. The molecule has 6 heteroatoms. The van der Waals surface area contributed by atoms with Crippen molar-refractivity contribution in [2.75, 3.05) is 7.11 Å². The Balaban J connectivity index is 1.68. The third kappa shape index (κ3) is 6.74. The molecule has 1 fully saturated rings. The number of benzene rings is 2. The molecule has 6 nitrogen and oxygen atoms in total. The molecule has 32 heavy (non-hydrogen) atoms.